The van der Waals surface area contributed by atoms with Gasteiger partial charge in [-0.15, -0.1) is 0 Å². The first kappa shape index (κ1) is 18.4. The van der Waals surface area contributed by atoms with Crippen molar-refractivity contribution in [1.82, 2.24) is 0 Å². The first-order chi connectivity index (χ1) is 13.3. The van der Waals surface area contributed by atoms with Gasteiger partial charge in [0.15, 0.2) is 21.3 Å². The van der Waals surface area contributed by atoms with Gasteiger partial charge in [-0.2, -0.15) is 0 Å². The summed E-state index contributed by atoms with van der Waals surface area (Å²) < 4.78 is 61.6. The molecule has 0 bridgehead atoms. The average molecular weight is 402 g/mol. The fourth-order valence-corrected chi connectivity index (χ4v) is 3.78. The van der Waals surface area contributed by atoms with Crippen LogP contribution in [0.5, 0.6) is 11.5 Å². The zero-order valence-electron chi connectivity index (χ0n) is 14.9. The van der Waals surface area contributed by atoms with Crippen molar-refractivity contribution in [3.05, 3.63) is 77.4 Å². The molecule has 0 aromatic heterocycles. The molecule has 1 heterocycles. The molecule has 0 atom stereocenters. The smallest absolute Gasteiger partial charge is 0.231 e. The zero-order chi connectivity index (χ0) is 19.9. The van der Waals surface area contributed by atoms with Crippen molar-refractivity contribution < 1.29 is 26.7 Å². The van der Waals surface area contributed by atoms with E-state index in [0.717, 1.165) is 29.0 Å². The van der Waals surface area contributed by atoms with Crippen LogP contribution in [0.25, 0.3) is 11.1 Å². The molecule has 0 saturated carbocycles. The molecule has 0 amide bonds. The molecule has 28 heavy (non-hydrogen) atoms. The molecule has 4 rings (SSSR count). The maximum absolute atomic E-state index is 14.2. The van der Waals surface area contributed by atoms with Crippen LogP contribution in [0.15, 0.2) is 59.5 Å². The Hall–Kier alpha value is -2.93. The fourth-order valence-electron chi connectivity index (χ4n) is 3.15. The van der Waals surface area contributed by atoms with Crippen molar-refractivity contribution in [3.63, 3.8) is 0 Å². The molecule has 0 fully saturated rings. The molecular formula is C21H16F2O4S. The highest BCUT2D eigenvalue weighted by molar-refractivity contribution is 7.90. The molecule has 3 aromatic carbocycles. The summed E-state index contributed by atoms with van der Waals surface area (Å²) in [5.41, 5.74) is 2.60. The quantitative estimate of drug-likeness (QED) is 0.651. The Kier molecular flexibility index (Phi) is 4.55. The number of hydrogen-bond donors (Lipinski definition) is 0. The van der Waals surface area contributed by atoms with E-state index in [1.54, 1.807) is 24.3 Å². The Morgan fingerprint density at radius 1 is 0.893 bits per heavy atom. The van der Waals surface area contributed by atoms with Gasteiger partial charge in [-0.05, 0) is 52.6 Å². The molecule has 1 aliphatic rings. The molecule has 0 saturated heterocycles. The van der Waals surface area contributed by atoms with Gasteiger partial charge in [0, 0.05) is 18.7 Å². The summed E-state index contributed by atoms with van der Waals surface area (Å²) in [7, 11) is -3.31. The van der Waals surface area contributed by atoms with E-state index < -0.39 is 21.5 Å². The highest BCUT2D eigenvalue weighted by Crippen LogP contribution is 2.40. The second-order valence-corrected chi connectivity index (χ2v) is 8.59. The molecule has 0 N–H and O–H groups in total. The normalized spacial score (nSPS) is 13.0. The van der Waals surface area contributed by atoms with Crippen molar-refractivity contribution in [2.24, 2.45) is 0 Å². The van der Waals surface area contributed by atoms with Gasteiger partial charge in [-0.1, -0.05) is 18.2 Å². The van der Waals surface area contributed by atoms with Gasteiger partial charge in [0.2, 0.25) is 6.79 Å². The summed E-state index contributed by atoms with van der Waals surface area (Å²) in [5.74, 6) is -0.154. The van der Waals surface area contributed by atoms with Crippen LogP contribution in [0.2, 0.25) is 0 Å². The van der Waals surface area contributed by atoms with E-state index in [0.29, 0.717) is 17.1 Å². The van der Waals surface area contributed by atoms with Crippen LogP contribution >= 0.6 is 0 Å². The Labute approximate surface area is 161 Å². The Bertz CT molecular complexity index is 1160. The summed E-state index contributed by atoms with van der Waals surface area (Å²) in [4.78, 5) is 0.211. The molecule has 4 nitrogen and oxygen atoms in total. The van der Waals surface area contributed by atoms with E-state index >= 15 is 0 Å². The zero-order valence-corrected chi connectivity index (χ0v) is 15.7. The SMILES string of the molecule is CS(=O)(=O)c1ccc(-c2cc3c(cc2Cc2ccc(F)cc2F)OCO3)cc1. The molecule has 3 aromatic rings. The molecule has 0 spiro atoms. The van der Waals surface area contributed by atoms with E-state index in [1.807, 2.05) is 0 Å². The van der Waals surface area contributed by atoms with Gasteiger partial charge >= 0.3 is 0 Å². The van der Waals surface area contributed by atoms with Crippen LogP contribution in [0.3, 0.4) is 0 Å². The lowest BCUT2D eigenvalue weighted by Gasteiger charge is -2.13. The summed E-state index contributed by atoms with van der Waals surface area (Å²) in [6.45, 7) is 0.0934. The maximum Gasteiger partial charge on any atom is 0.231 e. The molecule has 0 radical (unpaired) electrons. The van der Waals surface area contributed by atoms with Crippen LogP contribution in [-0.2, 0) is 16.3 Å². The van der Waals surface area contributed by atoms with E-state index in [4.69, 9.17) is 9.47 Å². The van der Waals surface area contributed by atoms with Gasteiger partial charge in [0.1, 0.15) is 11.6 Å². The van der Waals surface area contributed by atoms with Gasteiger partial charge in [0.25, 0.3) is 0 Å². The summed E-state index contributed by atoms with van der Waals surface area (Å²) >= 11 is 0. The van der Waals surface area contributed by atoms with E-state index in [9.17, 15) is 17.2 Å². The fraction of sp³-hybridized carbons (Fsp3) is 0.143. The maximum atomic E-state index is 14.2. The number of sulfone groups is 1. The molecular weight excluding hydrogens is 386 g/mol. The number of hydrogen-bond acceptors (Lipinski definition) is 4. The first-order valence-electron chi connectivity index (χ1n) is 8.48. The minimum atomic E-state index is -3.31. The second kappa shape index (κ2) is 6.91. The number of benzene rings is 3. The van der Waals surface area contributed by atoms with E-state index in [1.165, 1.54) is 24.3 Å². The largest absolute Gasteiger partial charge is 0.454 e. The molecule has 144 valence electrons. The van der Waals surface area contributed by atoms with E-state index in [2.05, 4.69) is 0 Å². The van der Waals surface area contributed by atoms with Gasteiger partial charge in [0.05, 0.1) is 4.90 Å². The minimum Gasteiger partial charge on any atom is -0.454 e. The number of halogens is 2. The number of ether oxygens (including phenoxy) is 2. The van der Waals surface area contributed by atoms with Crippen LogP contribution in [0.4, 0.5) is 8.78 Å². The van der Waals surface area contributed by atoms with Crippen LogP contribution in [0.1, 0.15) is 11.1 Å². The minimum absolute atomic E-state index is 0.0934. The van der Waals surface area contributed by atoms with Crippen LogP contribution in [0, 0.1) is 11.6 Å². The first-order valence-corrected chi connectivity index (χ1v) is 10.4. The summed E-state index contributed by atoms with van der Waals surface area (Å²) in [5, 5.41) is 0. The van der Waals surface area contributed by atoms with Crippen molar-refractivity contribution in [2.45, 2.75) is 11.3 Å². The Morgan fingerprint density at radius 2 is 1.57 bits per heavy atom. The summed E-state index contributed by atoms with van der Waals surface area (Å²) in [6.07, 6.45) is 1.36. The lowest BCUT2D eigenvalue weighted by atomic mass is 9.94. The third-order valence-corrected chi connectivity index (χ3v) is 5.72. The number of rotatable bonds is 4. The highest BCUT2D eigenvalue weighted by Gasteiger charge is 2.19. The lowest BCUT2D eigenvalue weighted by molar-refractivity contribution is 0.174. The predicted molar refractivity (Wildman–Crippen MR) is 100 cm³/mol. The van der Waals surface area contributed by atoms with Crippen molar-refractivity contribution >= 4 is 9.84 Å². The van der Waals surface area contributed by atoms with Crippen molar-refractivity contribution in [1.29, 1.82) is 0 Å². The Balaban J connectivity index is 1.80. The highest BCUT2D eigenvalue weighted by atomic mass is 32.2. The standard InChI is InChI=1S/C21H16F2O4S/c1-28(24,25)17-6-3-13(4-7-17)18-11-21-20(26-12-27-21)9-15(18)8-14-2-5-16(22)10-19(14)23/h2-7,9-11H,8,12H2,1H3. The van der Waals surface area contributed by atoms with Crippen molar-refractivity contribution in [2.75, 3.05) is 13.0 Å². The molecule has 7 heteroatoms. The van der Waals surface area contributed by atoms with Crippen molar-refractivity contribution in [3.8, 4) is 22.6 Å². The average Bonchev–Trinajstić information content (AvgIpc) is 3.10. The predicted octanol–water partition coefficient (Wildman–Crippen LogP) is 4.35. The van der Waals surface area contributed by atoms with Gasteiger partial charge < -0.3 is 9.47 Å². The summed E-state index contributed by atoms with van der Waals surface area (Å²) in [6, 6.07) is 13.5. The number of fused-ring (bicyclic) bond motifs is 1. The van der Waals surface area contributed by atoms with Gasteiger partial charge in [-0.3, -0.25) is 0 Å². The molecule has 1 aliphatic heterocycles. The third-order valence-electron chi connectivity index (χ3n) is 4.59. The third kappa shape index (κ3) is 3.57. The van der Waals surface area contributed by atoms with E-state index in [-0.39, 0.29) is 18.1 Å². The van der Waals surface area contributed by atoms with Crippen LogP contribution < -0.4 is 9.47 Å². The molecule has 0 unspecified atom stereocenters. The monoisotopic (exact) mass is 402 g/mol. The second-order valence-electron chi connectivity index (χ2n) is 6.57. The molecule has 0 aliphatic carbocycles. The topological polar surface area (TPSA) is 52.6 Å². The Morgan fingerprint density at radius 3 is 2.21 bits per heavy atom. The van der Waals surface area contributed by atoms with Crippen LogP contribution in [-0.4, -0.2) is 21.5 Å². The lowest BCUT2D eigenvalue weighted by Crippen LogP contribution is -1.98. The van der Waals surface area contributed by atoms with Gasteiger partial charge in [-0.25, -0.2) is 17.2 Å².